The molecule has 0 radical (unpaired) electrons. The fourth-order valence-corrected chi connectivity index (χ4v) is 1.61. The normalized spacial score (nSPS) is 9.17. The molecular weight excluding hydrogens is 290 g/mol. The maximum Gasteiger partial charge on any atom is 0.300 e. The zero-order valence-corrected chi connectivity index (χ0v) is 11.1. The van der Waals surface area contributed by atoms with Crippen molar-refractivity contribution in [2.45, 2.75) is 0 Å². The van der Waals surface area contributed by atoms with Gasteiger partial charge in [0.1, 0.15) is 0 Å². The average Bonchev–Trinajstić information content (AvgIpc) is 2.40. The predicted molar refractivity (Wildman–Crippen MR) is 76.1 cm³/mol. The smallest absolute Gasteiger partial charge is 0.300 e. The van der Waals surface area contributed by atoms with Gasteiger partial charge in [-0.3, -0.25) is 4.79 Å². The van der Waals surface area contributed by atoms with Crippen LogP contribution in [0.3, 0.4) is 0 Å². The third kappa shape index (κ3) is 3.76. The maximum atomic E-state index is 11.6. The molecule has 0 atom stereocenters. The summed E-state index contributed by atoms with van der Waals surface area (Å²) in [5.41, 5.74) is 1.55. The number of hydrogen-bond donors (Lipinski definition) is 1. The Morgan fingerprint density at radius 3 is 2.33 bits per heavy atom. The van der Waals surface area contributed by atoms with Gasteiger partial charge in [0.25, 0.3) is 0 Å². The lowest BCUT2D eigenvalue weighted by atomic mass is 10.2. The van der Waals surface area contributed by atoms with E-state index in [-0.39, 0.29) is 5.91 Å². The summed E-state index contributed by atoms with van der Waals surface area (Å²) in [5.74, 6) is 5.04. The maximum absolute atomic E-state index is 11.6. The van der Waals surface area contributed by atoms with Crippen LogP contribution in [0.1, 0.15) is 5.56 Å². The highest BCUT2D eigenvalue weighted by Crippen LogP contribution is 2.13. The monoisotopic (exact) mass is 299 g/mol. The molecule has 0 aliphatic rings. The van der Waals surface area contributed by atoms with Crippen LogP contribution in [0.2, 0.25) is 0 Å². The summed E-state index contributed by atoms with van der Waals surface area (Å²) < 4.78 is 0.968. The highest BCUT2D eigenvalue weighted by Gasteiger charge is 1.97. The van der Waals surface area contributed by atoms with Gasteiger partial charge in [0.15, 0.2) is 0 Å². The summed E-state index contributed by atoms with van der Waals surface area (Å²) in [6.07, 6.45) is 0. The molecule has 1 amide bonds. The molecule has 0 saturated carbocycles. The molecule has 0 aromatic heterocycles. The Kier molecular flexibility index (Phi) is 4.16. The lowest BCUT2D eigenvalue weighted by Gasteiger charge is -1.99. The molecule has 18 heavy (non-hydrogen) atoms. The second kappa shape index (κ2) is 6.04. The summed E-state index contributed by atoms with van der Waals surface area (Å²) >= 11 is 3.33. The Morgan fingerprint density at radius 1 is 1.00 bits per heavy atom. The first-order valence-corrected chi connectivity index (χ1v) is 6.17. The lowest BCUT2D eigenvalue weighted by molar-refractivity contribution is -0.111. The van der Waals surface area contributed by atoms with Gasteiger partial charge in [-0.1, -0.05) is 40.0 Å². The van der Waals surface area contributed by atoms with E-state index in [0.29, 0.717) is 0 Å². The van der Waals surface area contributed by atoms with E-state index >= 15 is 0 Å². The van der Waals surface area contributed by atoms with Gasteiger partial charge in [0.2, 0.25) is 0 Å². The molecule has 0 heterocycles. The topological polar surface area (TPSA) is 29.1 Å². The molecule has 1 N–H and O–H groups in total. The van der Waals surface area contributed by atoms with Crippen molar-refractivity contribution in [1.29, 1.82) is 0 Å². The largest absolute Gasteiger partial charge is 0.315 e. The van der Waals surface area contributed by atoms with E-state index in [9.17, 15) is 4.79 Å². The van der Waals surface area contributed by atoms with Gasteiger partial charge < -0.3 is 5.32 Å². The SMILES string of the molecule is O=C(C#Cc1ccccc1)Nc1ccc(Br)cc1. The number of anilines is 1. The van der Waals surface area contributed by atoms with E-state index in [0.717, 1.165) is 15.7 Å². The minimum Gasteiger partial charge on any atom is -0.315 e. The van der Waals surface area contributed by atoms with E-state index in [1.807, 2.05) is 54.6 Å². The zero-order valence-electron chi connectivity index (χ0n) is 9.48. The quantitative estimate of drug-likeness (QED) is 0.803. The van der Waals surface area contributed by atoms with E-state index in [1.54, 1.807) is 0 Å². The number of carbonyl (C=O) groups excluding carboxylic acids is 1. The first-order valence-electron chi connectivity index (χ1n) is 5.38. The third-order valence-electron chi connectivity index (χ3n) is 2.20. The average molecular weight is 300 g/mol. The highest BCUT2D eigenvalue weighted by atomic mass is 79.9. The molecule has 0 aliphatic carbocycles. The molecule has 2 rings (SSSR count). The van der Waals surface area contributed by atoms with Crippen LogP contribution in [0.15, 0.2) is 59.1 Å². The van der Waals surface area contributed by atoms with Crippen molar-refractivity contribution >= 4 is 27.5 Å². The Labute approximate surface area is 114 Å². The van der Waals surface area contributed by atoms with Crippen molar-refractivity contribution in [3.63, 3.8) is 0 Å². The molecule has 0 unspecified atom stereocenters. The van der Waals surface area contributed by atoms with E-state index < -0.39 is 0 Å². The summed E-state index contributed by atoms with van der Waals surface area (Å²) in [6, 6.07) is 16.7. The highest BCUT2D eigenvalue weighted by molar-refractivity contribution is 9.10. The first-order chi connectivity index (χ1) is 8.74. The molecule has 0 saturated heterocycles. The van der Waals surface area contributed by atoms with Crippen LogP contribution in [0, 0.1) is 11.8 Å². The Morgan fingerprint density at radius 2 is 1.67 bits per heavy atom. The van der Waals surface area contributed by atoms with Gasteiger partial charge in [0.05, 0.1) is 0 Å². The molecule has 3 heteroatoms. The molecule has 0 spiro atoms. The molecule has 0 aliphatic heterocycles. The molecule has 0 bridgehead atoms. The van der Waals surface area contributed by atoms with Crippen molar-refractivity contribution in [2.75, 3.05) is 5.32 Å². The van der Waals surface area contributed by atoms with Crippen molar-refractivity contribution < 1.29 is 4.79 Å². The van der Waals surface area contributed by atoms with Gasteiger partial charge in [-0.15, -0.1) is 0 Å². The third-order valence-corrected chi connectivity index (χ3v) is 2.72. The number of nitrogens with one attached hydrogen (secondary N) is 1. The number of rotatable bonds is 1. The summed E-state index contributed by atoms with van der Waals surface area (Å²) in [5, 5.41) is 2.71. The second-order valence-corrected chi connectivity index (χ2v) is 4.49. The van der Waals surface area contributed by atoms with Crippen LogP contribution in [-0.2, 0) is 4.79 Å². The van der Waals surface area contributed by atoms with E-state index in [4.69, 9.17) is 0 Å². The van der Waals surface area contributed by atoms with Crippen LogP contribution in [0.4, 0.5) is 5.69 Å². The van der Waals surface area contributed by atoms with Crippen LogP contribution < -0.4 is 5.32 Å². The van der Waals surface area contributed by atoms with Gasteiger partial charge in [0, 0.05) is 21.6 Å². The minimum atomic E-state index is -0.318. The Bertz CT molecular complexity index is 594. The van der Waals surface area contributed by atoms with Crippen LogP contribution in [0.25, 0.3) is 0 Å². The lowest BCUT2D eigenvalue weighted by Crippen LogP contribution is -2.08. The summed E-state index contributed by atoms with van der Waals surface area (Å²) in [6.45, 7) is 0. The molecule has 2 aromatic carbocycles. The van der Waals surface area contributed by atoms with Crippen LogP contribution >= 0.6 is 15.9 Å². The van der Waals surface area contributed by atoms with Crippen molar-refractivity contribution in [3.8, 4) is 11.8 Å². The van der Waals surface area contributed by atoms with Crippen LogP contribution in [0.5, 0.6) is 0 Å². The molecular formula is C15H10BrNO. The minimum absolute atomic E-state index is 0.318. The summed E-state index contributed by atoms with van der Waals surface area (Å²) in [7, 11) is 0. The number of benzene rings is 2. The number of halogens is 1. The number of hydrogen-bond acceptors (Lipinski definition) is 1. The van der Waals surface area contributed by atoms with E-state index in [2.05, 4.69) is 33.1 Å². The second-order valence-electron chi connectivity index (χ2n) is 3.58. The molecule has 0 fully saturated rings. The van der Waals surface area contributed by atoms with Gasteiger partial charge in [-0.05, 0) is 36.4 Å². The van der Waals surface area contributed by atoms with Crippen molar-refractivity contribution in [3.05, 3.63) is 64.6 Å². The molecule has 2 nitrogen and oxygen atoms in total. The Balaban J connectivity index is 2.01. The van der Waals surface area contributed by atoms with E-state index in [1.165, 1.54) is 0 Å². The van der Waals surface area contributed by atoms with Crippen molar-refractivity contribution in [1.82, 2.24) is 0 Å². The standard InChI is InChI=1S/C15H10BrNO/c16-13-7-9-14(10-8-13)17-15(18)11-6-12-4-2-1-3-5-12/h1-5,7-10H,(H,17,18). The van der Waals surface area contributed by atoms with Gasteiger partial charge >= 0.3 is 5.91 Å². The first kappa shape index (κ1) is 12.4. The fourth-order valence-electron chi connectivity index (χ4n) is 1.35. The van der Waals surface area contributed by atoms with Crippen molar-refractivity contribution in [2.24, 2.45) is 0 Å². The predicted octanol–water partition coefficient (Wildman–Crippen LogP) is 3.44. The number of carbonyl (C=O) groups is 1. The molecule has 88 valence electrons. The molecule has 2 aromatic rings. The van der Waals surface area contributed by atoms with Crippen LogP contribution in [-0.4, -0.2) is 5.91 Å². The zero-order chi connectivity index (χ0) is 12.8. The Hall–Kier alpha value is -2.05. The van der Waals surface area contributed by atoms with Gasteiger partial charge in [-0.25, -0.2) is 0 Å². The fraction of sp³-hybridized carbons (Fsp3) is 0. The number of amides is 1. The van der Waals surface area contributed by atoms with Gasteiger partial charge in [-0.2, -0.15) is 0 Å². The summed E-state index contributed by atoms with van der Waals surface area (Å²) in [4.78, 5) is 11.6.